The van der Waals surface area contributed by atoms with E-state index in [0.717, 1.165) is 48.9 Å². The highest BCUT2D eigenvalue weighted by atomic mass is 19.1. The molecule has 4 nitrogen and oxygen atoms in total. The molecule has 0 aliphatic carbocycles. The van der Waals surface area contributed by atoms with E-state index in [1.165, 1.54) is 6.07 Å². The highest BCUT2D eigenvalue weighted by Gasteiger charge is 2.22. The molecule has 0 saturated carbocycles. The van der Waals surface area contributed by atoms with E-state index >= 15 is 0 Å². The number of nitrogens with one attached hydrogen (secondary N) is 1. The van der Waals surface area contributed by atoms with Crippen molar-refractivity contribution in [2.75, 3.05) is 31.1 Å². The molecular formula is C18H23FN4. The maximum absolute atomic E-state index is 13.7. The Labute approximate surface area is 136 Å². The fraction of sp³-hybridized carbons (Fsp3) is 0.444. The van der Waals surface area contributed by atoms with Crippen LogP contribution in [-0.2, 0) is 5.41 Å². The van der Waals surface area contributed by atoms with Gasteiger partial charge in [0.25, 0.3) is 0 Å². The summed E-state index contributed by atoms with van der Waals surface area (Å²) in [7, 11) is 0. The van der Waals surface area contributed by atoms with Crippen molar-refractivity contribution in [3.05, 3.63) is 42.1 Å². The van der Waals surface area contributed by atoms with Gasteiger partial charge in [0.05, 0.1) is 17.6 Å². The van der Waals surface area contributed by atoms with Crippen molar-refractivity contribution in [3.63, 3.8) is 0 Å². The van der Waals surface area contributed by atoms with Crippen LogP contribution in [0.4, 0.5) is 10.1 Å². The third-order valence-electron chi connectivity index (χ3n) is 4.00. The summed E-state index contributed by atoms with van der Waals surface area (Å²) < 4.78 is 13.7. The van der Waals surface area contributed by atoms with Gasteiger partial charge in [-0.2, -0.15) is 0 Å². The van der Waals surface area contributed by atoms with E-state index in [0.29, 0.717) is 0 Å². The predicted molar refractivity (Wildman–Crippen MR) is 91.2 cm³/mol. The SMILES string of the molecule is CC(C)(C)c1ncc(N2CCNCC2)c(-c2cccc(F)c2)n1. The second-order valence-electron chi connectivity index (χ2n) is 6.92. The number of piperazine rings is 1. The number of halogens is 1. The molecule has 0 spiro atoms. The standard InChI is InChI=1S/C18H23FN4/c1-18(2,3)17-21-12-15(23-9-7-20-8-10-23)16(22-17)13-5-4-6-14(19)11-13/h4-6,11-12,20H,7-10H2,1-3H3. The van der Waals surface area contributed by atoms with Crippen LogP contribution in [0.5, 0.6) is 0 Å². The van der Waals surface area contributed by atoms with Gasteiger partial charge in [-0.1, -0.05) is 32.9 Å². The molecule has 1 aliphatic heterocycles. The predicted octanol–water partition coefficient (Wildman–Crippen LogP) is 2.99. The highest BCUT2D eigenvalue weighted by molar-refractivity contribution is 5.74. The van der Waals surface area contributed by atoms with E-state index in [4.69, 9.17) is 4.98 Å². The smallest absolute Gasteiger partial charge is 0.134 e. The molecule has 1 aromatic heterocycles. The third kappa shape index (κ3) is 3.50. The van der Waals surface area contributed by atoms with E-state index in [1.54, 1.807) is 12.1 Å². The average Bonchev–Trinajstić information content (AvgIpc) is 2.54. The fourth-order valence-electron chi connectivity index (χ4n) is 2.72. The van der Waals surface area contributed by atoms with Gasteiger partial charge in [-0.15, -0.1) is 0 Å². The molecule has 3 rings (SSSR count). The first-order chi connectivity index (χ1) is 10.9. The van der Waals surface area contributed by atoms with E-state index in [2.05, 4.69) is 36.0 Å². The van der Waals surface area contributed by atoms with E-state index in [-0.39, 0.29) is 11.2 Å². The summed E-state index contributed by atoms with van der Waals surface area (Å²) in [6.45, 7) is 9.93. The second-order valence-corrected chi connectivity index (χ2v) is 6.92. The number of hydrogen-bond donors (Lipinski definition) is 1. The first-order valence-corrected chi connectivity index (χ1v) is 8.04. The average molecular weight is 314 g/mol. The summed E-state index contributed by atoms with van der Waals surface area (Å²) in [5.74, 6) is 0.528. The van der Waals surface area contributed by atoms with Crippen molar-refractivity contribution in [1.82, 2.24) is 15.3 Å². The molecular weight excluding hydrogens is 291 g/mol. The van der Waals surface area contributed by atoms with Gasteiger partial charge in [0.1, 0.15) is 11.6 Å². The van der Waals surface area contributed by atoms with Crippen molar-refractivity contribution in [2.45, 2.75) is 26.2 Å². The summed E-state index contributed by atoms with van der Waals surface area (Å²) in [6.07, 6.45) is 1.89. The molecule has 1 aliphatic rings. The lowest BCUT2D eigenvalue weighted by Gasteiger charge is -2.31. The molecule has 5 heteroatoms. The van der Waals surface area contributed by atoms with Gasteiger partial charge in [0.15, 0.2) is 0 Å². The van der Waals surface area contributed by atoms with Crippen LogP contribution >= 0.6 is 0 Å². The van der Waals surface area contributed by atoms with Crippen LogP contribution in [0.25, 0.3) is 11.3 Å². The topological polar surface area (TPSA) is 41.1 Å². The summed E-state index contributed by atoms with van der Waals surface area (Å²) in [5, 5.41) is 3.35. The summed E-state index contributed by atoms with van der Waals surface area (Å²) >= 11 is 0. The largest absolute Gasteiger partial charge is 0.366 e. The summed E-state index contributed by atoms with van der Waals surface area (Å²) in [5.41, 5.74) is 2.44. The van der Waals surface area contributed by atoms with Crippen LogP contribution in [0, 0.1) is 5.82 Å². The van der Waals surface area contributed by atoms with E-state index in [9.17, 15) is 4.39 Å². The van der Waals surface area contributed by atoms with Gasteiger partial charge in [-0.25, -0.2) is 14.4 Å². The monoisotopic (exact) mass is 314 g/mol. The van der Waals surface area contributed by atoms with E-state index < -0.39 is 0 Å². The van der Waals surface area contributed by atoms with Crippen molar-refractivity contribution >= 4 is 5.69 Å². The third-order valence-corrected chi connectivity index (χ3v) is 4.00. The minimum atomic E-state index is -0.246. The number of anilines is 1. The first-order valence-electron chi connectivity index (χ1n) is 8.04. The quantitative estimate of drug-likeness (QED) is 0.925. The molecule has 0 atom stereocenters. The molecule has 2 heterocycles. The highest BCUT2D eigenvalue weighted by Crippen LogP contribution is 2.31. The van der Waals surface area contributed by atoms with Gasteiger partial charge in [0.2, 0.25) is 0 Å². The molecule has 1 N–H and O–H groups in total. The van der Waals surface area contributed by atoms with Gasteiger partial charge >= 0.3 is 0 Å². The van der Waals surface area contributed by atoms with Crippen LogP contribution in [0.15, 0.2) is 30.5 Å². The molecule has 0 bridgehead atoms. The molecule has 0 amide bonds. The Balaban J connectivity index is 2.11. The maximum atomic E-state index is 13.7. The molecule has 2 aromatic rings. The molecule has 0 radical (unpaired) electrons. The van der Waals surface area contributed by atoms with Crippen LogP contribution in [0.2, 0.25) is 0 Å². The molecule has 0 unspecified atom stereocenters. The molecule has 1 aromatic carbocycles. The number of rotatable bonds is 2. The number of nitrogens with zero attached hydrogens (tertiary/aromatic N) is 3. The Hall–Kier alpha value is -2.01. The zero-order valence-corrected chi connectivity index (χ0v) is 13.9. The van der Waals surface area contributed by atoms with Crippen molar-refractivity contribution in [1.29, 1.82) is 0 Å². The lowest BCUT2D eigenvalue weighted by atomic mass is 9.95. The van der Waals surface area contributed by atoms with E-state index in [1.807, 2.05) is 12.3 Å². The van der Waals surface area contributed by atoms with Crippen LogP contribution in [0.3, 0.4) is 0 Å². The minimum absolute atomic E-state index is 0.149. The van der Waals surface area contributed by atoms with Crippen LogP contribution in [-0.4, -0.2) is 36.1 Å². The maximum Gasteiger partial charge on any atom is 0.134 e. The normalized spacial score (nSPS) is 15.7. The van der Waals surface area contributed by atoms with Crippen LogP contribution in [0.1, 0.15) is 26.6 Å². The van der Waals surface area contributed by atoms with Gasteiger partial charge in [-0.05, 0) is 12.1 Å². The van der Waals surface area contributed by atoms with Crippen LogP contribution < -0.4 is 10.2 Å². The molecule has 122 valence electrons. The number of hydrogen-bond acceptors (Lipinski definition) is 4. The minimum Gasteiger partial charge on any atom is -0.366 e. The van der Waals surface area contributed by atoms with Crippen molar-refractivity contribution in [2.24, 2.45) is 0 Å². The Bertz CT molecular complexity index is 688. The van der Waals surface area contributed by atoms with Crippen molar-refractivity contribution < 1.29 is 4.39 Å². The molecule has 1 saturated heterocycles. The first kappa shape index (κ1) is 15.9. The van der Waals surface area contributed by atoms with Gasteiger partial charge in [-0.3, -0.25) is 0 Å². The van der Waals surface area contributed by atoms with Gasteiger partial charge in [0, 0.05) is 37.2 Å². The summed E-state index contributed by atoms with van der Waals surface area (Å²) in [6, 6.07) is 6.63. The lowest BCUT2D eigenvalue weighted by molar-refractivity contribution is 0.543. The van der Waals surface area contributed by atoms with Gasteiger partial charge < -0.3 is 10.2 Å². The number of aromatic nitrogens is 2. The molecule has 23 heavy (non-hydrogen) atoms. The Kier molecular flexibility index (Phi) is 4.31. The Morgan fingerprint density at radius 3 is 2.57 bits per heavy atom. The molecule has 1 fully saturated rings. The fourth-order valence-corrected chi connectivity index (χ4v) is 2.72. The zero-order valence-electron chi connectivity index (χ0n) is 13.9. The Morgan fingerprint density at radius 1 is 1.17 bits per heavy atom. The van der Waals surface area contributed by atoms with Crippen molar-refractivity contribution in [3.8, 4) is 11.3 Å². The number of benzene rings is 1. The second kappa shape index (κ2) is 6.24. The summed E-state index contributed by atoms with van der Waals surface area (Å²) in [4.78, 5) is 11.6. The Morgan fingerprint density at radius 2 is 1.91 bits per heavy atom. The zero-order chi connectivity index (χ0) is 16.4. The lowest BCUT2D eigenvalue weighted by Crippen LogP contribution is -2.44.